The second-order valence-corrected chi connectivity index (χ2v) is 9.49. The van der Waals surface area contributed by atoms with Crippen LogP contribution in [-0.2, 0) is 4.74 Å². The summed E-state index contributed by atoms with van der Waals surface area (Å²) in [6, 6.07) is 21.5. The Hall–Kier alpha value is -3.20. The van der Waals surface area contributed by atoms with Gasteiger partial charge in [-0.3, -0.25) is 20.2 Å². The molecule has 0 aliphatic rings. The Bertz CT molecular complexity index is 1310. The van der Waals surface area contributed by atoms with E-state index in [2.05, 4.69) is 0 Å². The fourth-order valence-electron chi connectivity index (χ4n) is 3.83. The fraction of sp³-hybridized carbons (Fsp3) is 0.0769. The third-order valence-electron chi connectivity index (χ3n) is 5.61. The van der Waals surface area contributed by atoms with E-state index >= 15 is 0 Å². The molecular weight excluding hydrogens is 562 g/mol. The van der Waals surface area contributed by atoms with Gasteiger partial charge in [-0.1, -0.05) is 58.5 Å². The van der Waals surface area contributed by atoms with Crippen LogP contribution in [0.1, 0.15) is 34.5 Å². The smallest absolute Gasteiger partial charge is 0.269 e. The molecule has 2 unspecified atom stereocenters. The maximum absolute atomic E-state index is 11.2. The summed E-state index contributed by atoms with van der Waals surface area (Å²) in [7, 11) is 0. The lowest BCUT2D eigenvalue weighted by atomic mass is 9.97. The average molecular weight is 578 g/mol. The number of nitro benzene ring substituents is 2. The molecule has 0 bridgehead atoms. The first-order valence-corrected chi connectivity index (χ1v) is 12.2. The van der Waals surface area contributed by atoms with Crippen molar-refractivity contribution in [1.82, 2.24) is 0 Å². The van der Waals surface area contributed by atoms with Crippen molar-refractivity contribution in [2.45, 2.75) is 12.2 Å². The van der Waals surface area contributed by atoms with Gasteiger partial charge < -0.3 is 4.74 Å². The van der Waals surface area contributed by atoms with Crippen LogP contribution in [0.4, 0.5) is 11.4 Å². The Morgan fingerprint density at radius 2 is 0.838 bits per heavy atom. The van der Waals surface area contributed by atoms with Gasteiger partial charge >= 0.3 is 0 Å². The molecule has 0 heterocycles. The number of nitro groups is 2. The predicted octanol–water partition coefficient (Wildman–Crippen LogP) is 9.01. The molecule has 37 heavy (non-hydrogen) atoms. The first-order chi connectivity index (χ1) is 17.7. The van der Waals surface area contributed by atoms with Crippen molar-refractivity contribution in [3.05, 3.63) is 148 Å². The molecule has 188 valence electrons. The van der Waals surface area contributed by atoms with Gasteiger partial charge in [0.25, 0.3) is 11.4 Å². The van der Waals surface area contributed by atoms with Crippen molar-refractivity contribution in [3.63, 3.8) is 0 Å². The van der Waals surface area contributed by atoms with Crippen molar-refractivity contribution in [2.75, 3.05) is 0 Å². The lowest BCUT2D eigenvalue weighted by Gasteiger charge is -2.28. The van der Waals surface area contributed by atoms with E-state index in [1.54, 1.807) is 60.7 Å². The lowest BCUT2D eigenvalue weighted by Crippen LogP contribution is -2.15. The van der Waals surface area contributed by atoms with Gasteiger partial charge in [-0.2, -0.15) is 0 Å². The number of rotatable bonds is 8. The Kier molecular flexibility index (Phi) is 8.32. The number of nitrogens with zero attached hydrogens (tertiary/aromatic N) is 2. The molecule has 0 amide bonds. The maximum Gasteiger partial charge on any atom is 0.269 e. The Morgan fingerprint density at radius 1 is 0.541 bits per heavy atom. The van der Waals surface area contributed by atoms with Gasteiger partial charge in [0.15, 0.2) is 0 Å². The van der Waals surface area contributed by atoms with E-state index in [4.69, 9.17) is 51.1 Å². The molecule has 0 N–H and O–H groups in total. The second-order valence-electron chi connectivity index (χ2n) is 7.86. The summed E-state index contributed by atoms with van der Waals surface area (Å²) in [5.41, 5.74) is 1.69. The molecule has 0 fully saturated rings. The van der Waals surface area contributed by atoms with Gasteiger partial charge in [0, 0.05) is 55.5 Å². The van der Waals surface area contributed by atoms with E-state index in [0.717, 1.165) is 0 Å². The molecule has 7 nitrogen and oxygen atoms in total. The molecule has 4 rings (SSSR count). The highest BCUT2D eigenvalue weighted by Crippen LogP contribution is 2.44. The van der Waals surface area contributed by atoms with E-state index in [1.165, 1.54) is 24.3 Å². The van der Waals surface area contributed by atoms with E-state index in [9.17, 15) is 20.2 Å². The van der Waals surface area contributed by atoms with Crippen LogP contribution in [0, 0.1) is 20.2 Å². The third-order valence-corrected chi connectivity index (χ3v) is 6.93. The van der Waals surface area contributed by atoms with Crippen LogP contribution in [0.2, 0.25) is 20.1 Å². The summed E-state index contributed by atoms with van der Waals surface area (Å²) in [5, 5.41) is 23.7. The van der Waals surface area contributed by atoms with Crippen molar-refractivity contribution in [2.24, 2.45) is 0 Å². The van der Waals surface area contributed by atoms with Gasteiger partial charge in [-0.15, -0.1) is 0 Å². The van der Waals surface area contributed by atoms with Gasteiger partial charge in [-0.05, 0) is 59.7 Å². The number of halogens is 4. The maximum atomic E-state index is 11.2. The molecule has 0 saturated heterocycles. The summed E-state index contributed by atoms with van der Waals surface area (Å²) in [4.78, 5) is 21.4. The van der Waals surface area contributed by atoms with Crippen LogP contribution in [0.25, 0.3) is 0 Å². The molecule has 11 heteroatoms. The largest absolute Gasteiger partial charge is 0.356 e. The Morgan fingerprint density at radius 3 is 1.11 bits per heavy atom. The topological polar surface area (TPSA) is 95.5 Å². The quantitative estimate of drug-likeness (QED) is 0.154. The highest BCUT2D eigenvalue weighted by molar-refractivity contribution is 6.36. The van der Waals surface area contributed by atoms with Crippen molar-refractivity contribution in [3.8, 4) is 0 Å². The standard InChI is InChI=1S/C26H16Cl4N2O5/c27-19-3-1-4-20(28)23(19)25(15-7-11-17(12-8-15)31(33)34)37-26(24-21(29)5-2-6-22(24)30)16-9-13-18(14-10-16)32(35)36/h1-14,25-26H. The fourth-order valence-corrected chi connectivity index (χ4v) is 5.02. The Balaban J connectivity index is 1.90. The van der Waals surface area contributed by atoms with Gasteiger partial charge in [-0.25, -0.2) is 0 Å². The summed E-state index contributed by atoms with van der Waals surface area (Å²) >= 11 is 26.2. The zero-order valence-corrected chi connectivity index (χ0v) is 21.7. The summed E-state index contributed by atoms with van der Waals surface area (Å²) in [6.07, 6.45) is -1.84. The minimum Gasteiger partial charge on any atom is -0.356 e. The molecule has 4 aromatic carbocycles. The van der Waals surface area contributed by atoms with Gasteiger partial charge in [0.2, 0.25) is 0 Å². The molecule has 2 atom stereocenters. The van der Waals surface area contributed by atoms with Crippen molar-refractivity contribution < 1.29 is 14.6 Å². The summed E-state index contributed by atoms with van der Waals surface area (Å²) in [5.74, 6) is 0. The number of ether oxygens (including phenoxy) is 1. The normalized spacial score (nSPS) is 12.6. The lowest BCUT2D eigenvalue weighted by molar-refractivity contribution is -0.385. The van der Waals surface area contributed by atoms with Crippen LogP contribution in [-0.4, -0.2) is 9.85 Å². The van der Waals surface area contributed by atoms with E-state index in [1.807, 2.05) is 0 Å². The number of non-ortho nitro benzene ring substituents is 2. The minimum atomic E-state index is -0.922. The van der Waals surface area contributed by atoms with Crippen LogP contribution < -0.4 is 0 Å². The molecule has 0 spiro atoms. The highest BCUT2D eigenvalue weighted by Gasteiger charge is 2.30. The molecule has 0 aliphatic heterocycles. The number of hydrogen-bond acceptors (Lipinski definition) is 5. The molecule has 4 aromatic rings. The first kappa shape index (κ1) is 26.9. The highest BCUT2D eigenvalue weighted by atomic mass is 35.5. The number of hydrogen-bond donors (Lipinski definition) is 0. The molecule has 0 saturated carbocycles. The molecule has 0 aliphatic carbocycles. The molecule has 0 radical (unpaired) electrons. The molecule has 0 aromatic heterocycles. The zero-order chi connectivity index (χ0) is 26.7. The van der Waals surface area contributed by atoms with E-state index in [0.29, 0.717) is 42.3 Å². The van der Waals surface area contributed by atoms with Gasteiger partial charge in [0.1, 0.15) is 12.2 Å². The first-order valence-electron chi connectivity index (χ1n) is 10.7. The second kappa shape index (κ2) is 11.5. The Labute approximate surface area is 231 Å². The van der Waals surface area contributed by atoms with Crippen LogP contribution in [0.3, 0.4) is 0 Å². The summed E-state index contributed by atoms with van der Waals surface area (Å²) < 4.78 is 6.64. The SMILES string of the molecule is O=[N+]([O-])c1ccc(C(OC(c2ccc([N+](=O)[O-])cc2)c2c(Cl)cccc2Cl)c2c(Cl)cccc2Cl)cc1. The van der Waals surface area contributed by atoms with Crippen molar-refractivity contribution in [1.29, 1.82) is 0 Å². The van der Waals surface area contributed by atoms with E-state index < -0.39 is 22.1 Å². The summed E-state index contributed by atoms with van der Waals surface area (Å²) in [6.45, 7) is 0. The zero-order valence-electron chi connectivity index (χ0n) is 18.7. The van der Waals surface area contributed by atoms with Crippen LogP contribution >= 0.6 is 46.4 Å². The van der Waals surface area contributed by atoms with Gasteiger partial charge in [0.05, 0.1) is 9.85 Å². The van der Waals surface area contributed by atoms with Crippen LogP contribution in [0.5, 0.6) is 0 Å². The third kappa shape index (κ3) is 5.87. The predicted molar refractivity (Wildman–Crippen MR) is 144 cm³/mol. The minimum absolute atomic E-state index is 0.103. The molecular formula is C26H16Cl4N2O5. The average Bonchev–Trinajstić information content (AvgIpc) is 2.87. The number of benzene rings is 4. The van der Waals surface area contributed by atoms with Crippen LogP contribution in [0.15, 0.2) is 84.9 Å². The monoisotopic (exact) mass is 576 g/mol. The van der Waals surface area contributed by atoms with E-state index in [-0.39, 0.29) is 11.4 Å². The van der Waals surface area contributed by atoms with Crippen molar-refractivity contribution >= 4 is 57.8 Å².